The number of hydrogen-bond acceptors (Lipinski definition) is 7. The van der Waals surface area contributed by atoms with E-state index in [9.17, 15) is 22.7 Å². The first-order valence-corrected chi connectivity index (χ1v) is 18.4. The van der Waals surface area contributed by atoms with Crippen molar-refractivity contribution in [3.63, 3.8) is 0 Å². The Hall–Kier alpha value is -3.56. The van der Waals surface area contributed by atoms with Gasteiger partial charge in [0.15, 0.2) is 5.16 Å². The third-order valence-corrected chi connectivity index (χ3v) is 11.6. The maximum absolute atomic E-state index is 15.5. The lowest BCUT2D eigenvalue weighted by Gasteiger charge is -2.30. The van der Waals surface area contributed by atoms with E-state index in [-0.39, 0.29) is 12.2 Å². The summed E-state index contributed by atoms with van der Waals surface area (Å²) < 4.78 is 80.0. The molecular weight excluding hydrogens is 713 g/mol. The Morgan fingerprint density at radius 1 is 1.08 bits per heavy atom. The predicted octanol–water partition coefficient (Wildman–Crippen LogP) is 5.80. The summed E-state index contributed by atoms with van der Waals surface area (Å²) in [6.07, 6.45) is 1.96. The van der Waals surface area contributed by atoms with Gasteiger partial charge in [0.25, 0.3) is 0 Å². The van der Waals surface area contributed by atoms with Gasteiger partial charge < -0.3 is 19.1 Å². The van der Waals surface area contributed by atoms with Gasteiger partial charge >= 0.3 is 0 Å². The number of ether oxygens (including phenoxy) is 1. The lowest BCUT2D eigenvalue weighted by atomic mass is 9.81. The highest BCUT2D eigenvalue weighted by Gasteiger charge is 2.33. The fourth-order valence-electron chi connectivity index (χ4n) is 5.46. The molecule has 0 aliphatic rings. The van der Waals surface area contributed by atoms with E-state index in [2.05, 4.69) is 4.98 Å². The third-order valence-electron chi connectivity index (χ3n) is 8.48. The Labute approximate surface area is 300 Å². The second kappa shape index (κ2) is 15.4. The minimum absolute atomic E-state index is 0.0433. The Kier molecular flexibility index (Phi) is 12.0. The zero-order valence-corrected chi connectivity index (χ0v) is 31.2. The first-order valence-electron chi connectivity index (χ1n) is 15.6. The molecule has 0 bridgehead atoms. The zero-order valence-electron chi connectivity index (χ0n) is 28.8. The number of aliphatic carboxylic acids is 1. The van der Waals surface area contributed by atoms with Gasteiger partial charge in [-0.15, -0.1) is 0 Å². The molecule has 0 aliphatic heterocycles. The molecule has 3 aromatic carbocycles. The van der Waals surface area contributed by atoms with Crippen molar-refractivity contribution in [3.05, 3.63) is 100 Å². The van der Waals surface area contributed by atoms with Crippen LogP contribution >= 0.6 is 23.4 Å². The molecule has 0 spiro atoms. The Morgan fingerprint density at radius 2 is 1.70 bits per heavy atom. The number of halogens is 4. The highest BCUT2D eigenvalue weighted by molar-refractivity contribution is 7.98. The molecule has 0 amide bonds. The summed E-state index contributed by atoms with van der Waals surface area (Å²) >= 11 is 7.26. The van der Waals surface area contributed by atoms with Crippen molar-refractivity contribution >= 4 is 39.4 Å². The number of methoxy groups -OCH3 is 1. The number of carboxylic acids is 1. The molecule has 0 N–H and O–H groups in total. The van der Waals surface area contributed by atoms with Crippen molar-refractivity contribution in [1.82, 2.24) is 13.9 Å². The lowest BCUT2D eigenvalue weighted by Crippen LogP contribution is -2.49. The predicted molar refractivity (Wildman–Crippen MR) is 185 cm³/mol. The first-order chi connectivity index (χ1) is 23.3. The smallest absolute Gasteiger partial charge is 0.243 e. The lowest BCUT2D eigenvalue weighted by molar-refractivity contribution is -0.870. The van der Waals surface area contributed by atoms with Gasteiger partial charge in [0.1, 0.15) is 23.2 Å². The number of hydrogen-bond donors (Lipinski definition) is 0. The first kappa shape index (κ1) is 39.2. The summed E-state index contributed by atoms with van der Waals surface area (Å²) in [5.74, 6) is -4.14. The van der Waals surface area contributed by atoms with Crippen LogP contribution in [-0.2, 0) is 26.0 Å². The van der Waals surface area contributed by atoms with Crippen molar-refractivity contribution in [2.75, 3.05) is 41.8 Å². The van der Waals surface area contributed by atoms with E-state index in [1.807, 2.05) is 41.1 Å². The van der Waals surface area contributed by atoms with Gasteiger partial charge in [-0.1, -0.05) is 43.3 Å². The number of sulfonamides is 1. The van der Waals surface area contributed by atoms with Crippen LogP contribution in [0.4, 0.5) is 13.2 Å². The Morgan fingerprint density at radius 3 is 2.26 bits per heavy atom. The average Bonchev–Trinajstić information content (AvgIpc) is 3.47. The molecule has 4 rings (SSSR count). The molecule has 9 nitrogen and oxygen atoms in total. The van der Waals surface area contributed by atoms with Crippen LogP contribution in [0.5, 0.6) is 5.75 Å². The molecule has 0 aliphatic carbocycles. The van der Waals surface area contributed by atoms with E-state index in [4.69, 9.17) is 16.3 Å². The van der Waals surface area contributed by atoms with Crippen molar-refractivity contribution in [3.8, 4) is 11.4 Å². The highest BCUT2D eigenvalue weighted by atomic mass is 35.5. The van der Waals surface area contributed by atoms with Gasteiger partial charge in [-0.3, -0.25) is 4.57 Å². The number of thioether (sulfide) groups is 1. The van der Waals surface area contributed by atoms with Gasteiger partial charge in [-0.2, -0.15) is 4.31 Å². The molecule has 4 aromatic rings. The second-order valence-corrected chi connectivity index (χ2v) is 16.7. The van der Waals surface area contributed by atoms with Crippen LogP contribution in [0.15, 0.2) is 70.8 Å². The fourth-order valence-corrected chi connectivity index (χ4v) is 8.03. The van der Waals surface area contributed by atoms with Crippen molar-refractivity contribution in [2.45, 2.75) is 54.0 Å². The molecule has 0 fully saturated rings. The number of carboxylic acid groups (broad SMARTS) is 1. The van der Waals surface area contributed by atoms with E-state index in [0.717, 1.165) is 24.4 Å². The molecule has 50 heavy (non-hydrogen) atoms. The monoisotopic (exact) mass is 752 g/mol. The molecule has 15 heteroatoms. The summed E-state index contributed by atoms with van der Waals surface area (Å²) in [4.78, 5) is 15.7. The minimum Gasteiger partial charge on any atom is -0.548 e. The standard InChI is InChI=1S/C35H40ClF3N4O5S2/c1-35(2,22-10-15-27(36)31(17-22)48-7)32-20-40-34(42(32)24-13-11-23(37)12-14-24)49-21-26-28(38)18-25(19-29(26)39)50(46,47)41(3)30(33(44)45)9-8-16-43(4,5)6/h10-15,17-20,30H,8-9,16,21H2,1-7H3/t30-/m0/s1. The van der Waals surface area contributed by atoms with Crippen LogP contribution in [0, 0.1) is 17.5 Å². The van der Waals surface area contributed by atoms with Crippen molar-refractivity contribution < 1.29 is 40.7 Å². The van der Waals surface area contributed by atoms with E-state index < -0.39 is 55.4 Å². The summed E-state index contributed by atoms with van der Waals surface area (Å²) in [7, 11) is 3.68. The number of carbonyl (C=O) groups excluding carboxylic acids is 1. The average molecular weight is 753 g/mol. The van der Waals surface area contributed by atoms with Gasteiger partial charge in [0, 0.05) is 29.5 Å². The van der Waals surface area contributed by atoms with Gasteiger partial charge in [-0.05, 0) is 66.9 Å². The number of aromatic nitrogens is 2. The summed E-state index contributed by atoms with van der Waals surface area (Å²) in [5.41, 5.74) is 0.917. The van der Waals surface area contributed by atoms with E-state index in [0.29, 0.717) is 61.2 Å². The maximum atomic E-state index is 15.5. The summed E-state index contributed by atoms with van der Waals surface area (Å²) in [6.45, 7) is 4.47. The van der Waals surface area contributed by atoms with Gasteiger partial charge in [-0.25, -0.2) is 26.6 Å². The summed E-state index contributed by atoms with van der Waals surface area (Å²) in [6, 6.07) is 10.9. The van der Waals surface area contributed by atoms with Crippen molar-refractivity contribution in [2.24, 2.45) is 0 Å². The quantitative estimate of drug-likeness (QED) is 0.112. The van der Waals surface area contributed by atoms with Crippen molar-refractivity contribution in [1.29, 1.82) is 0 Å². The minimum atomic E-state index is -4.62. The van der Waals surface area contributed by atoms with E-state index >= 15 is 8.78 Å². The number of carbonyl (C=O) groups is 1. The largest absolute Gasteiger partial charge is 0.548 e. The highest BCUT2D eigenvalue weighted by Crippen LogP contribution is 2.39. The molecule has 0 radical (unpaired) electrons. The SMILES string of the molecule is COc1cc(C(C)(C)c2cnc(SCc3c(F)cc(S(=O)(=O)N(C)[C@@H](CCC[N+](C)(C)C)C(=O)[O-])cc3F)n2-c2ccc(F)cc2)ccc1Cl. The molecule has 1 atom stereocenters. The number of imidazole rings is 1. The molecule has 1 heterocycles. The molecule has 270 valence electrons. The number of quaternary nitrogens is 1. The molecule has 0 saturated heterocycles. The number of nitrogens with zero attached hydrogens (tertiary/aromatic N) is 4. The maximum Gasteiger partial charge on any atom is 0.243 e. The molecule has 1 aromatic heterocycles. The number of benzene rings is 3. The topological polar surface area (TPSA) is 105 Å². The van der Waals surface area contributed by atoms with Crippen LogP contribution in [0.2, 0.25) is 5.02 Å². The van der Waals surface area contributed by atoms with E-state index in [1.165, 1.54) is 19.2 Å². The second-order valence-electron chi connectivity index (χ2n) is 13.4. The summed E-state index contributed by atoms with van der Waals surface area (Å²) in [5, 5.41) is 12.7. The Bertz CT molecular complexity index is 1940. The third kappa shape index (κ3) is 8.65. The van der Waals surface area contributed by atoms with Crippen LogP contribution in [0.3, 0.4) is 0 Å². The molecule has 0 saturated carbocycles. The molecular formula is C35H40ClF3N4O5S2. The normalized spacial score (nSPS) is 13.1. The van der Waals surface area contributed by atoms with Crippen LogP contribution in [-0.4, -0.2) is 80.6 Å². The zero-order chi connectivity index (χ0) is 37.2. The van der Waals surface area contributed by atoms with E-state index in [1.54, 1.807) is 35.0 Å². The van der Waals surface area contributed by atoms with Crippen LogP contribution in [0.1, 0.15) is 43.5 Å². The van der Waals surface area contributed by atoms with Crippen LogP contribution in [0.25, 0.3) is 5.69 Å². The Balaban J connectivity index is 1.66. The number of rotatable bonds is 15. The van der Waals surface area contributed by atoms with Gasteiger partial charge in [0.05, 0.1) is 68.6 Å². The fraction of sp³-hybridized carbons (Fsp3) is 0.371. The molecule has 0 unspecified atom stereocenters. The number of likely N-dealkylation sites (N-methyl/N-ethyl adjacent to an activating group) is 1. The van der Waals surface area contributed by atoms with Gasteiger partial charge in [0.2, 0.25) is 10.0 Å². The van der Waals surface area contributed by atoms with Crippen LogP contribution < -0.4 is 9.84 Å².